The Morgan fingerprint density at radius 3 is 2.62 bits per heavy atom. The standard InChI is InChI=1S/C27H37F3N6O4P2/c1-14(2)23(37)33-22(15-3-7-26(28,41)8-4-15)18-13-36-25(32-18)34-21(16-5-9-39-10-6-16)17(35-36)11-19-24(38)31-12-20(40-19)27(29,30)42/h13,15-16,19-20,22H,1,3-12,41-42H2,2H3,(H,31,38)(H,33,37). The first-order valence-corrected chi connectivity index (χ1v) is 15.3. The molecule has 3 aliphatic rings. The molecule has 5 unspecified atom stereocenters. The number of hydrogen-bond acceptors (Lipinski definition) is 7. The summed E-state index contributed by atoms with van der Waals surface area (Å²) in [5.41, 5.74) is -1.30. The minimum absolute atomic E-state index is 0.0333. The van der Waals surface area contributed by atoms with E-state index >= 15 is 0 Å². The molecule has 0 radical (unpaired) electrons. The summed E-state index contributed by atoms with van der Waals surface area (Å²) >= 11 is 0. The molecule has 3 fully saturated rings. The van der Waals surface area contributed by atoms with Gasteiger partial charge in [0.15, 0.2) is 0 Å². The first kappa shape index (κ1) is 31.2. The van der Waals surface area contributed by atoms with Crippen LogP contribution in [-0.2, 0) is 25.5 Å². The van der Waals surface area contributed by atoms with Crippen LogP contribution in [0.3, 0.4) is 0 Å². The highest BCUT2D eigenvalue weighted by molar-refractivity contribution is 7.18. The molecule has 230 valence electrons. The largest absolute Gasteiger partial charge is 0.381 e. The predicted octanol–water partition coefficient (Wildman–Crippen LogP) is 3.38. The van der Waals surface area contributed by atoms with E-state index in [1.54, 1.807) is 13.1 Å². The summed E-state index contributed by atoms with van der Waals surface area (Å²) in [6, 6.07) is -0.522. The Labute approximate surface area is 246 Å². The van der Waals surface area contributed by atoms with Crippen molar-refractivity contribution in [3.05, 3.63) is 35.4 Å². The Balaban J connectivity index is 1.50. The number of nitrogens with zero attached hydrogens (tertiary/aromatic N) is 4. The van der Waals surface area contributed by atoms with Crippen molar-refractivity contribution < 1.29 is 32.2 Å². The minimum Gasteiger partial charge on any atom is -0.381 e. The van der Waals surface area contributed by atoms with Gasteiger partial charge < -0.3 is 20.1 Å². The number of imidazole rings is 1. The molecular formula is C27H37F3N6O4P2. The maximum absolute atomic E-state index is 14.6. The topological polar surface area (TPSA) is 120 Å². The highest BCUT2D eigenvalue weighted by atomic mass is 31.0. The number of rotatable bonds is 8. The number of aromatic nitrogens is 4. The number of halogens is 3. The monoisotopic (exact) mass is 628 g/mol. The smallest absolute Gasteiger partial charge is 0.286 e. The van der Waals surface area contributed by atoms with Gasteiger partial charge in [0, 0.05) is 31.1 Å². The molecule has 2 amide bonds. The molecule has 0 spiro atoms. The van der Waals surface area contributed by atoms with E-state index in [0.29, 0.717) is 80.2 Å². The van der Waals surface area contributed by atoms with Crippen molar-refractivity contribution in [3.8, 4) is 0 Å². The third-order valence-electron chi connectivity index (χ3n) is 8.26. The molecular weight excluding hydrogens is 591 g/mol. The van der Waals surface area contributed by atoms with E-state index in [-0.39, 0.29) is 30.7 Å². The van der Waals surface area contributed by atoms with E-state index < -0.39 is 35.2 Å². The quantitative estimate of drug-likeness (QED) is 0.340. The number of carbonyl (C=O) groups excluding carboxylic acids is 2. The minimum atomic E-state index is -3.22. The number of nitrogens with one attached hydrogen (secondary N) is 2. The lowest BCUT2D eigenvalue weighted by atomic mass is 9.81. The maximum Gasteiger partial charge on any atom is 0.286 e. The van der Waals surface area contributed by atoms with E-state index in [0.717, 1.165) is 0 Å². The van der Waals surface area contributed by atoms with Gasteiger partial charge in [-0.1, -0.05) is 25.1 Å². The Bertz CT molecular complexity index is 1340. The van der Waals surface area contributed by atoms with Crippen molar-refractivity contribution in [2.24, 2.45) is 5.92 Å². The van der Waals surface area contributed by atoms with Crippen LogP contribution in [0.25, 0.3) is 5.78 Å². The van der Waals surface area contributed by atoms with E-state index in [4.69, 9.17) is 24.5 Å². The van der Waals surface area contributed by atoms with Crippen LogP contribution in [0.2, 0.25) is 0 Å². The molecule has 1 aliphatic carbocycles. The Hall–Kier alpha value is -2.20. The van der Waals surface area contributed by atoms with Crippen molar-refractivity contribution in [1.29, 1.82) is 0 Å². The van der Waals surface area contributed by atoms with Gasteiger partial charge in [-0.15, -0.1) is 0 Å². The van der Waals surface area contributed by atoms with Crippen molar-refractivity contribution in [2.45, 2.75) is 87.1 Å². The fourth-order valence-corrected chi connectivity index (χ4v) is 6.31. The normalized spacial score (nSPS) is 28.3. The number of amides is 2. The number of morpholine rings is 1. The molecule has 10 nitrogen and oxygen atoms in total. The van der Waals surface area contributed by atoms with Crippen LogP contribution in [0.5, 0.6) is 0 Å². The first-order chi connectivity index (χ1) is 19.8. The fraction of sp³-hybridized carbons (Fsp3) is 0.667. The lowest BCUT2D eigenvalue weighted by molar-refractivity contribution is -0.160. The molecule has 2 N–H and O–H groups in total. The van der Waals surface area contributed by atoms with Crippen LogP contribution in [0.4, 0.5) is 13.2 Å². The lowest BCUT2D eigenvalue weighted by Gasteiger charge is -2.35. The van der Waals surface area contributed by atoms with Crippen LogP contribution in [-0.4, -0.2) is 74.4 Å². The van der Waals surface area contributed by atoms with E-state index in [1.807, 2.05) is 0 Å². The zero-order chi connectivity index (χ0) is 30.2. The summed E-state index contributed by atoms with van der Waals surface area (Å²) in [6.07, 6.45) is 2.05. The highest BCUT2D eigenvalue weighted by Crippen LogP contribution is 2.44. The molecule has 2 saturated heterocycles. The van der Waals surface area contributed by atoms with Gasteiger partial charge in [-0.2, -0.15) is 13.9 Å². The van der Waals surface area contributed by atoms with Gasteiger partial charge in [0.25, 0.3) is 11.4 Å². The van der Waals surface area contributed by atoms with Gasteiger partial charge in [-0.3, -0.25) is 9.59 Å². The van der Waals surface area contributed by atoms with Crippen LogP contribution in [0, 0.1) is 5.92 Å². The summed E-state index contributed by atoms with van der Waals surface area (Å²) in [6.45, 7) is 6.11. The molecule has 5 atom stereocenters. The summed E-state index contributed by atoms with van der Waals surface area (Å²) in [7, 11) is 3.75. The van der Waals surface area contributed by atoms with Gasteiger partial charge in [-0.25, -0.2) is 18.9 Å². The molecule has 1 saturated carbocycles. The van der Waals surface area contributed by atoms with Gasteiger partial charge in [0.05, 0.1) is 35.9 Å². The zero-order valence-corrected chi connectivity index (χ0v) is 25.8. The lowest BCUT2D eigenvalue weighted by Crippen LogP contribution is -2.54. The number of alkyl halides is 3. The van der Waals surface area contributed by atoms with Crippen molar-refractivity contribution >= 4 is 36.1 Å². The number of ether oxygens (including phenoxy) is 2. The highest BCUT2D eigenvalue weighted by Gasteiger charge is 2.43. The third kappa shape index (κ3) is 7.12. The second-order valence-electron chi connectivity index (χ2n) is 11.6. The summed E-state index contributed by atoms with van der Waals surface area (Å²) in [5, 5.41) is 8.95. The van der Waals surface area contributed by atoms with E-state index in [1.165, 1.54) is 13.8 Å². The van der Waals surface area contributed by atoms with Crippen molar-refractivity contribution in [3.63, 3.8) is 0 Å². The molecule has 2 aliphatic heterocycles. The molecule has 0 aromatic carbocycles. The van der Waals surface area contributed by atoms with Gasteiger partial charge in [0.1, 0.15) is 17.6 Å². The Morgan fingerprint density at radius 2 is 1.98 bits per heavy atom. The Morgan fingerprint density at radius 1 is 1.29 bits per heavy atom. The second-order valence-corrected chi connectivity index (χ2v) is 13.4. The third-order valence-corrected chi connectivity index (χ3v) is 9.21. The molecule has 0 bridgehead atoms. The van der Waals surface area contributed by atoms with E-state index in [2.05, 4.69) is 26.5 Å². The van der Waals surface area contributed by atoms with Crippen LogP contribution >= 0.6 is 18.5 Å². The average molecular weight is 629 g/mol. The molecule has 4 heterocycles. The number of fused-ring (bicyclic) bond motifs is 1. The Kier molecular flexibility index (Phi) is 9.24. The second kappa shape index (κ2) is 12.4. The van der Waals surface area contributed by atoms with Gasteiger partial charge >= 0.3 is 0 Å². The average Bonchev–Trinajstić information content (AvgIpc) is 3.35. The fourth-order valence-electron chi connectivity index (χ4n) is 5.78. The number of carbonyl (C=O) groups is 2. The predicted molar refractivity (Wildman–Crippen MR) is 155 cm³/mol. The maximum atomic E-state index is 14.6. The molecule has 5 rings (SSSR count). The van der Waals surface area contributed by atoms with Crippen LogP contribution in [0.1, 0.15) is 74.5 Å². The van der Waals surface area contributed by atoms with Crippen LogP contribution < -0.4 is 10.6 Å². The van der Waals surface area contributed by atoms with Crippen molar-refractivity contribution in [1.82, 2.24) is 30.2 Å². The van der Waals surface area contributed by atoms with Gasteiger partial charge in [-0.05, 0) is 51.4 Å². The van der Waals surface area contributed by atoms with Crippen molar-refractivity contribution in [2.75, 3.05) is 19.8 Å². The van der Waals surface area contributed by atoms with Gasteiger partial charge in [0.2, 0.25) is 11.8 Å². The summed E-state index contributed by atoms with van der Waals surface area (Å²) < 4.78 is 55.1. The summed E-state index contributed by atoms with van der Waals surface area (Å²) in [4.78, 5) is 34.9. The first-order valence-electron chi connectivity index (χ1n) is 14.2. The SMILES string of the molecule is C=C(C)C(=O)NC(c1cn2nc(CC3OC(C(F)(F)P)CNC3=O)c(C3CCOCC3)nc2n1)C1CCC(F)(P)CC1. The zero-order valence-electron chi connectivity index (χ0n) is 23.5. The molecule has 42 heavy (non-hydrogen) atoms. The van der Waals surface area contributed by atoms with E-state index in [9.17, 15) is 22.8 Å². The number of hydrogen-bond donors (Lipinski definition) is 2. The summed E-state index contributed by atoms with van der Waals surface area (Å²) in [5.74, 6) is -0.624. The molecule has 2 aromatic heterocycles. The molecule has 2 aromatic rings. The molecule has 15 heteroatoms. The van der Waals surface area contributed by atoms with Crippen LogP contribution in [0.15, 0.2) is 18.3 Å².